The van der Waals surface area contributed by atoms with Gasteiger partial charge in [-0.2, -0.15) is 4.98 Å². The van der Waals surface area contributed by atoms with Crippen molar-refractivity contribution < 1.29 is 8.78 Å². The fraction of sp³-hybridized carbons (Fsp3) is 0.375. The maximum atomic E-state index is 12.6. The molecule has 0 unspecified atom stereocenters. The van der Waals surface area contributed by atoms with E-state index in [4.69, 9.17) is 11.6 Å². The number of aromatic nitrogens is 4. The van der Waals surface area contributed by atoms with Gasteiger partial charge in [0.2, 0.25) is 5.28 Å². The highest BCUT2D eigenvalue weighted by molar-refractivity contribution is 6.28. The first-order valence-electron chi connectivity index (χ1n) is 4.30. The van der Waals surface area contributed by atoms with Crippen LogP contribution in [0.4, 0.5) is 8.78 Å². The topological polar surface area (TPSA) is 43.6 Å². The molecule has 2 aromatic heterocycles. The molecule has 0 atom stereocenters. The maximum Gasteiger partial charge on any atom is 0.282 e. The summed E-state index contributed by atoms with van der Waals surface area (Å²) in [6.45, 7) is 2.45. The van der Waals surface area contributed by atoms with Crippen LogP contribution in [0.3, 0.4) is 0 Å². The Bertz CT molecular complexity index is 497. The minimum atomic E-state index is -2.70. The first-order valence-corrected chi connectivity index (χ1v) is 4.67. The highest BCUT2D eigenvalue weighted by atomic mass is 35.5. The van der Waals surface area contributed by atoms with Crippen molar-refractivity contribution in [3.05, 3.63) is 17.3 Å². The van der Waals surface area contributed by atoms with Crippen molar-refractivity contribution in [2.45, 2.75) is 19.9 Å². The molecular weight excluding hydrogens is 226 g/mol. The number of halogens is 3. The smallest absolute Gasteiger partial charge is 0.282 e. The monoisotopic (exact) mass is 232 g/mol. The molecule has 4 nitrogen and oxygen atoms in total. The van der Waals surface area contributed by atoms with Gasteiger partial charge in [0.1, 0.15) is 11.2 Å². The van der Waals surface area contributed by atoms with Crippen LogP contribution < -0.4 is 0 Å². The van der Waals surface area contributed by atoms with E-state index in [1.54, 1.807) is 4.57 Å². The number of hydrogen-bond acceptors (Lipinski definition) is 3. The second-order valence-corrected chi connectivity index (χ2v) is 3.22. The molecule has 2 aromatic rings. The van der Waals surface area contributed by atoms with Gasteiger partial charge in [-0.3, -0.25) is 0 Å². The van der Waals surface area contributed by atoms with Crippen LogP contribution in [-0.2, 0) is 6.54 Å². The Labute approximate surface area is 88.9 Å². The van der Waals surface area contributed by atoms with E-state index in [2.05, 4.69) is 15.0 Å². The molecule has 2 rings (SSSR count). The Morgan fingerprint density at radius 3 is 2.80 bits per heavy atom. The van der Waals surface area contributed by atoms with E-state index in [1.807, 2.05) is 6.92 Å². The summed E-state index contributed by atoms with van der Waals surface area (Å²) in [5, 5.41) is -0.187. The standard InChI is InChI=1S/C8H7ClF2N4/c1-2-15-3-12-5-4(6(10)11)13-8(9)14-7(5)15/h3,6H,2H2,1H3. The second kappa shape index (κ2) is 3.69. The van der Waals surface area contributed by atoms with E-state index in [0.717, 1.165) is 0 Å². The summed E-state index contributed by atoms with van der Waals surface area (Å²) < 4.78 is 26.8. The van der Waals surface area contributed by atoms with E-state index < -0.39 is 12.1 Å². The summed E-state index contributed by atoms with van der Waals surface area (Å²) in [5.74, 6) is 0. The second-order valence-electron chi connectivity index (χ2n) is 2.88. The third-order valence-corrected chi connectivity index (χ3v) is 2.18. The van der Waals surface area contributed by atoms with Crippen molar-refractivity contribution in [3.8, 4) is 0 Å². The zero-order valence-electron chi connectivity index (χ0n) is 7.78. The minimum Gasteiger partial charge on any atom is -0.315 e. The van der Waals surface area contributed by atoms with Crippen molar-refractivity contribution >= 4 is 22.8 Å². The van der Waals surface area contributed by atoms with Crippen LogP contribution in [0.25, 0.3) is 11.2 Å². The SMILES string of the molecule is CCn1cnc2c(C(F)F)nc(Cl)nc21. The number of alkyl halides is 2. The van der Waals surface area contributed by atoms with Gasteiger partial charge in [-0.15, -0.1) is 0 Å². The zero-order chi connectivity index (χ0) is 11.0. The van der Waals surface area contributed by atoms with E-state index >= 15 is 0 Å². The number of aryl methyl sites for hydroxylation is 1. The van der Waals surface area contributed by atoms with Crippen molar-refractivity contribution in [1.29, 1.82) is 0 Å². The highest BCUT2D eigenvalue weighted by Gasteiger charge is 2.18. The summed E-state index contributed by atoms with van der Waals surface area (Å²) in [6, 6.07) is 0. The van der Waals surface area contributed by atoms with Gasteiger partial charge in [-0.05, 0) is 18.5 Å². The Hall–Kier alpha value is -1.30. The average Bonchev–Trinajstić information content (AvgIpc) is 2.58. The number of nitrogens with zero attached hydrogens (tertiary/aromatic N) is 4. The van der Waals surface area contributed by atoms with Gasteiger partial charge in [0.25, 0.3) is 6.43 Å². The molecule has 0 spiro atoms. The number of fused-ring (bicyclic) bond motifs is 1. The van der Waals surface area contributed by atoms with E-state index in [-0.39, 0.29) is 10.8 Å². The van der Waals surface area contributed by atoms with Crippen LogP contribution in [0, 0.1) is 0 Å². The molecule has 0 aliphatic heterocycles. The van der Waals surface area contributed by atoms with Crippen LogP contribution in [0.1, 0.15) is 19.0 Å². The summed E-state index contributed by atoms with van der Waals surface area (Å²) >= 11 is 5.56. The number of imidazole rings is 1. The average molecular weight is 233 g/mol. The molecule has 7 heteroatoms. The normalized spacial score (nSPS) is 11.5. The van der Waals surface area contributed by atoms with Gasteiger partial charge < -0.3 is 4.57 Å². The van der Waals surface area contributed by atoms with Crippen LogP contribution in [-0.4, -0.2) is 19.5 Å². The summed E-state index contributed by atoms with van der Waals surface area (Å²) in [4.78, 5) is 11.2. The van der Waals surface area contributed by atoms with Gasteiger partial charge in [-0.1, -0.05) is 0 Å². The first kappa shape index (κ1) is 10.2. The molecular formula is C8H7ClF2N4. The molecule has 0 saturated heterocycles. The lowest BCUT2D eigenvalue weighted by atomic mass is 10.4. The molecule has 0 N–H and O–H groups in total. The van der Waals surface area contributed by atoms with Gasteiger partial charge in [0.05, 0.1) is 6.33 Å². The van der Waals surface area contributed by atoms with Crippen LogP contribution in [0.15, 0.2) is 6.33 Å². The van der Waals surface area contributed by atoms with Crippen molar-refractivity contribution in [3.63, 3.8) is 0 Å². The lowest BCUT2D eigenvalue weighted by Gasteiger charge is -2.02. The minimum absolute atomic E-state index is 0.108. The van der Waals surface area contributed by atoms with Crippen molar-refractivity contribution in [2.24, 2.45) is 0 Å². The Balaban J connectivity index is 2.76. The quantitative estimate of drug-likeness (QED) is 0.747. The predicted octanol–water partition coefficient (Wildman–Crippen LogP) is 2.44. The van der Waals surface area contributed by atoms with Crippen LogP contribution in [0.2, 0.25) is 5.28 Å². The molecule has 2 heterocycles. The summed E-state index contributed by atoms with van der Waals surface area (Å²) in [7, 11) is 0. The van der Waals surface area contributed by atoms with Gasteiger partial charge in [0, 0.05) is 6.54 Å². The fourth-order valence-electron chi connectivity index (χ4n) is 1.32. The zero-order valence-corrected chi connectivity index (χ0v) is 8.54. The molecule has 0 fully saturated rings. The van der Waals surface area contributed by atoms with Crippen molar-refractivity contribution in [2.75, 3.05) is 0 Å². The number of hydrogen-bond donors (Lipinski definition) is 0. The van der Waals surface area contributed by atoms with Crippen LogP contribution in [0.5, 0.6) is 0 Å². The van der Waals surface area contributed by atoms with E-state index in [9.17, 15) is 8.78 Å². The Kier molecular flexibility index (Phi) is 2.52. The molecule has 80 valence electrons. The fourth-order valence-corrected chi connectivity index (χ4v) is 1.49. The van der Waals surface area contributed by atoms with Gasteiger partial charge >= 0.3 is 0 Å². The largest absolute Gasteiger partial charge is 0.315 e. The van der Waals surface area contributed by atoms with E-state index in [1.165, 1.54) is 6.33 Å². The summed E-state index contributed by atoms with van der Waals surface area (Å²) in [6.07, 6.45) is -1.25. The lowest BCUT2D eigenvalue weighted by Crippen LogP contribution is -1.99. The van der Waals surface area contributed by atoms with E-state index in [0.29, 0.717) is 12.2 Å². The van der Waals surface area contributed by atoms with Gasteiger partial charge in [0.15, 0.2) is 5.65 Å². The molecule has 0 aliphatic rings. The van der Waals surface area contributed by atoms with Crippen molar-refractivity contribution in [1.82, 2.24) is 19.5 Å². The molecule has 0 aromatic carbocycles. The molecule has 0 bridgehead atoms. The third-order valence-electron chi connectivity index (χ3n) is 2.01. The molecule has 0 radical (unpaired) electrons. The molecule has 0 amide bonds. The maximum absolute atomic E-state index is 12.6. The van der Waals surface area contributed by atoms with Crippen LogP contribution >= 0.6 is 11.6 Å². The molecule has 0 saturated carbocycles. The Morgan fingerprint density at radius 1 is 1.47 bits per heavy atom. The third kappa shape index (κ3) is 1.65. The predicted molar refractivity (Wildman–Crippen MR) is 51.0 cm³/mol. The Morgan fingerprint density at radius 2 is 2.20 bits per heavy atom. The molecule has 0 aliphatic carbocycles. The first-order chi connectivity index (χ1) is 7.13. The number of rotatable bonds is 2. The summed E-state index contributed by atoms with van der Waals surface area (Å²) in [5.41, 5.74) is 0.0289. The highest BCUT2D eigenvalue weighted by Crippen LogP contribution is 2.25. The lowest BCUT2D eigenvalue weighted by molar-refractivity contribution is 0.147. The molecule has 15 heavy (non-hydrogen) atoms. The van der Waals surface area contributed by atoms with Gasteiger partial charge in [-0.25, -0.2) is 18.7 Å².